The van der Waals surface area contributed by atoms with E-state index in [4.69, 9.17) is 0 Å². The van der Waals surface area contributed by atoms with E-state index in [1.54, 1.807) is 0 Å². The molecule has 0 spiro atoms. The van der Waals surface area contributed by atoms with Gasteiger partial charge in [0.2, 0.25) is 11.0 Å². The molecule has 1 fully saturated rings. The van der Waals surface area contributed by atoms with Gasteiger partial charge in [-0.1, -0.05) is 11.3 Å². The highest BCUT2D eigenvalue weighted by atomic mass is 32.1. The average Bonchev–Trinajstić information content (AvgIpc) is 3.44. The van der Waals surface area contributed by atoms with Crippen LogP contribution in [0.25, 0.3) is 10.0 Å². The van der Waals surface area contributed by atoms with Crippen LogP contribution in [-0.2, 0) is 4.79 Å². The Bertz CT molecular complexity index is 1240. The molecule has 3 aromatic rings. The lowest BCUT2D eigenvalue weighted by atomic mass is 10.1. The van der Waals surface area contributed by atoms with E-state index in [-0.39, 0.29) is 22.9 Å². The summed E-state index contributed by atoms with van der Waals surface area (Å²) in [5, 5.41) is 16.2. The number of likely N-dealkylation sites (N-methyl/N-ethyl adjacent to an activating group) is 1. The van der Waals surface area contributed by atoms with Crippen molar-refractivity contribution in [2.24, 2.45) is 0 Å². The second-order valence-corrected chi connectivity index (χ2v) is 9.88. The molecule has 4 rings (SSSR count). The topological polar surface area (TPSA) is 113 Å². The Kier molecular flexibility index (Phi) is 7.82. The van der Waals surface area contributed by atoms with E-state index in [0.717, 1.165) is 42.3 Å². The number of amides is 2. The molecule has 0 saturated carbocycles. The molecule has 1 aliphatic rings. The van der Waals surface area contributed by atoms with Crippen molar-refractivity contribution >= 4 is 45.3 Å². The fraction of sp³-hybridized carbons (Fsp3) is 0.381. The van der Waals surface area contributed by atoms with Crippen LogP contribution in [0.1, 0.15) is 16.1 Å². The highest BCUT2D eigenvalue weighted by Gasteiger charge is 2.33. The van der Waals surface area contributed by atoms with E-state index in [1.165, 1.54) is 17.4 Å². The minimum Gasteiger partial charge on any atom is -0.404 e. The standard InChI is InChI=1S/C21H22F3N7O3S2/c1-12-11-35-18(25-12)19-28-29-20(36-19)27-17(33)13-3-4-15(34-21(22,23)24)14(9-13)26-16(32)10-31-7-5-30(2)6-8-31/h3-4,9,11H,5-8,10H2,1-2H3,(H,26,32)(H,27,29,33). The number of carbonyl (C=O) groups excluding carboxylic acids is 2. The second kappa shape index (κ2) is 10.9. The number of aromatic nitrogens is 3. The van der Waals surface area contributed by atoms with Gasteiger partial charge in [-0.05, 0) is 32.2 Å². The maximum absolute atomic E-state index is 12.9. The van der Waals surface area contributed by atoms with Gasteiger partial charge in [0.25, 0.3) is 5.91 Å². The fourth-order valence-electron chi connectivity index (χ4n) is 3.36. The van der Waals surface area contributed by atoms with Gasteiger partial charge in [-0.3, -0.25) is 19.8 Å². The third-order valence-corrected chi connectivity index (χ3v) is 7.09. The molecule has 1 saturated heterocycles. The summed E-state index contributed by atoms with van der Waals surface area (Å²) >= 11 is 2.50. The quantitative estimate of drug-likeness (QED) is 0.469. The maximum atomic E-state index is 12.9. The summed E-state index contributed by atoms with van der Waals surface area (Å²) in [6.45, 7) is 4.71. The van der Waals surface area contributed by atoms with Crippen LogP contribution in [0.5, 0.6) is 5.75 Å². The third-order valence-electron chi connectivity index (χ3n) is 5.15. The number of rotatable bonds is 7. The molecule has 0 aliphatic carbocycles. The van der Waals surface area contributed by atoms with Crippen molar-refractivity contribution < 1.29 is 27.5 Å². The van der Waals surface area contributed by atoms with Gasteiger partial charge in [0.15, 0.2) is 15.8 Å². The lowest BCUT2D eigenvalue weighted by molar-refractivity contribution is -0.274. The Hall–Kier alpha value is -3.14. The molecule has 0 atom stereocenters. The number of nitrogens with zero attached hydrogens (tertiary/aromatic N) is 5. The van der Waals surface area contributed by atoms with Crippen LogP contribution in [0.4, 0.5) is 24.0 Å². The zero-order valence-corrected chi connectivity index (χ0v) is 20.9. The number of piperazine rings is 1. The van der Waals surface area contributed by atoms with E-state index in [2.05, 4.69) is 35.5 Å². The number of hydrogen-bond donors (Lipinski definition) is 2. The van der Waals surface area contributed by atoms with Gasteiger partial charge in [-0.15, -0.1) is 34.7 Å². The molecular weight excluding hydrogens is 519 g/mol. The summed E-state index contributed by atoms with van der Waals surface area (Å²) < 4.78 is 42.8. The summed E-state index contributed by atoms with van der Waals surface area (Å²) in [4.78, 5) is 33.7. The number of anilines is 2. The monoisotopic (exact) mass is 541 g/mol. The van der Waals surface area contributed by atoms with Gasteiger partial charge >= 0.3 is 6.36 Å². The summed E-state index contributed by atoms with van der Waals surface area (Å²) in [7, 11) is 1.97. The number of thiazole rings is 1. The molecule has 2 aromatic heterocycles. The lowest BCUT2D eigenvalue weighted by Crippen LogP contribution is -2.47. The Morgan fingerprint density at radius 2 is 1.86 bits per heavy atom. The van der Waals surface area contributed by atoms with Gasteiger partial charge in [0.1, 0.15) is 0 Å². The second-order valence-electron chi connectivity index (χ2n) is 8.05. The molecule has 192 valence electrons. The molecule has 36 heavy (non-hydrogen) atoms. The van der Waals surface area contributed by atoms with Gasteiger partial charge in [0.05, 0.1) is 12.2 Å². The summed E-state index contributed by atoms with van der Waals surface area (Å²) in [6.07, 6.45) is -4.97. The highest BCUT2D eigenvalue weighted by molar-refractivity contribution is 7.22. The minimum atomic E-state index is -4.97. The van der Waals surface area contributed by atoms with Crippen molar-refractivity contribution in [1.82, 2.24) is 25.0 Å². The molecule has 2 amide bonds. The number of hydrogen-bond acceptors (Lipinski definition) is 10. The van der Waals surface area contributed by atoms with Crippen LogP contribution in [0, 0.1) is 6.92 Å². The van der Waals surface area contributed by atoms with E-state index in [1.807, 2.05) is 24.3 Å². The van der Waals surface area contributed by atoms with Crippen LogP contribution in [0.15, 0.2) is 23.6 Å². The van der Waals surface area contributed by atoms with E-state index < -0.39 is 23.9 Å². The average molecular weight is 542 g/mol. The number of benzene rings is 1. The van der Waals surface area contributed by atoms with Crippen molar-refractivity contribution in [3.63, 3.8) is 0 Å². The van der Waals surface area contributed by atoms with Gasteiger partial charge in [-0.2, -0.15) is 0 Å². The van der Waals surface area contributed by atoms with Gasteiger partial charge < -0.3 is 15.0 Å². The molecular formula is C21H22F3N7O3S2. The van der Waals surface area contributed by atoms with Crippen molar-refractivity contribution in [3.05, 3.63) is 34.8 Å². The number of ether oxygens (including phenoxy) is 1. The maximum Gasteiger partial charge on any atom is 0.573 e. The fourth-order valence-corrected chi connectivity index (χ4v) is 4.93. The lowest BCUT2D eigenvalue weighted by Gasteiger charge is -2.31. The first-order chi connectivity index (χ1) is 17.1. The molecule has 15 heteroatoms. The first kappa shape index (κ1) is 25.9. The van der Waals surface area contributed by atoms with Crippen LogP contribution < -0.4 is 15.4 Å². The zero-order chi connectivity index (χ0) is 25.9. The third kappa shape index (κ3) is 6.96. The van der Waals surface area contributed by atoms with Crippen molar-refractivity contribution in [3.8, 4) is 15.8 Å². The zero-order valence-electron chi connectivity index (χ0n) is 19.3. The van der Waals surface area contributed by atoms with Gasteiger partial charge in [-0.25, -0.2) is 4.98 Å². The Morgan fingerprint density at radius 3 is 2.53 bits per heavy atom. The van der Waals surface area contributed by atoms with Crippen molar-refractivity contribution in [2.75, 3.05) is 50.4 Å². The number of nitrogens with one attached hydrogen (secondary N) is 2. The molecule has 1 aromatic carbocycles. The molecule has 0 bridgehead atoms. The normalized spacial score (nSPS) is 15.0. The van der Waals surface area contributed by atoms with Crippen molar-refractivity contribution in [2.45, 2.75) is 13.3 Å². The van der Waals surface area contributed by atoms with Gasteiger partial charge in [0, 0.05) is 42.8 Å². The number of halogens is 3. The Labute approximate surface area is 212 Å². The summed E-state index contributed by atoms with van der Waals surface area (Å²) in [5.74, 6) is -1.78. The Morgan fingerprint density at radius 1 is 1.11 bits per heavy atom. The number of aryl methyl sites for hydroxylation is 1. The minimum absolute atomic E-state index is 0.000483. The van der Waals surface area contributed by atoms with E-state index in [9.17, 15) is 22.8 Å². The summed E-state index contributed by atoms with van der Waals surface area (Å²) in [5.41, 5.74) is 0.565. The molecule has 0 radical (unpaired) electrons. The molecule has 0 unspecified atom stereocenters. The number of alkyl halides is 3. The first-order valence-electron chi connectivity index (χ1n) is 10.7. The van der Waals surface area contributed by atoms with E-state index in [0.29, 0.717) is 23.1 Å². The van der Waals surface area contributed by atoms with Crippen molar-refractivity contribution in [1.29, 1.82) is 0 Å². The Balaban J connectivity index is 1.48. The van der Waals surface area contributed by atoms with Crippen LogP contribution >= 0.6 is 22.7 Å². The first-order valence-corrected chi connectivity index (χ1v) is 12.4. The molecule has 2 N–H and O–H groups in total. The van der Waals surface area contributed by atoms with E-state index >= 15 is 0 Å². The summed E-state index contributed by atoms with van der Waals surface area (Å²) in [6, 6.07) is 3.28. The molecule has 10 nitrogen and oxygen atoms in total. The molecule has 3 heterocycles. The van der Waals surface area contributed by atoms with Crippen LogP contribution in [0.2, 0.25) is 0 Å². The van der Waals surface area contributed by atoms with Crippen LogP contribution in [-0.4, -0.2) is 82.9 Å². The SMILES string of the molecule is Cc1csc(-c2nnc(NC(=O)c3ccc(OC(F)(F)F)c(NC(=O)CN4CCN(C)CC4)c3)s2)n1. The predicted molar refractivity (Wildman–Crippen MR) is 129 cm³/mol. The largest absolute Gasteiger partial charge is 0.573 e. The highest BCUT2D eigenvalue weighted by Crippen LogP contribution is 2.32. The number of carbonyl (C=O) groups is 2. The van der Waals surface area contributed by atoms with Crippen LogP contribution in [0.3, 0.4) is 0 Å². The smallest absolute Gasteiger partial charge is 0.404 e. The molecule has 1 aliphatic heterocycles. The predicted octanol–water partition coefficient (Wildman–Crippen LogP) is 3.31.